The molecule has 19 heavy (non-hydrogen) atoms. The fraction of sp³-hybridized carbons (Fsp3) is 0.500. The lowest BCUT2D eigenvalue weighted by atomic mass is 10.0. The highest BCUT2D eigenvalue weighted by atomic mass is 16.3. The number of carbonyl (C=O) groups excluding carboxylic acids is 1. The molecular formula is C14H21N3O2. The van der Waals surface area contributed by atoms with Crippen molar-refractivity contribution in [3.05, 3.63) is 29.3 Å². The largest absolute Gasteiger partial charge is 0.398 e. The molecule has 0 aliphatic carbocycles. The first-order chi connectivity index (χ1) is 9.10. The molecule has 2 rings (SSSR count). The van der Waals surface area contributed by atoms with E-state index in [0.717, 1.165) is 25.9 Å². The lowest BCUT2D eigenvalue weighted by Crippen LogP contribution is -2.43. The van der Waals surface area contributed by atoms with Gasteiger partial charge in [-0.2, -0.15) is 0 Å². The number of anilines is 1. The standard InChI is InChI=1S/C14H21N3O2/c1-17-6-4-12(5-7-17)16-14(19)10-2-3-13(15)11(8-10)9-18/h2-3,8,12,18H,4-7,9,15H2,1H3,(H,16,19). The first kappa shape index (κ1) is 13.8. The van der Waals surface area contributed by atoms with E-state index in [0.29, 0.717) is 16.8 Å². The minimum atomic E-state index is -0.152. The molecule has 1 aromatic rings. The van der Waals surface area contributed by atoms with Crippen LogP contribution in [-0.4, -0.2) is 42.1 Å². The molecule has 1 heterocycles. The van der Waals surface area contributed by atoms with Crippen molar-refractivity contribution in [3.63, 3.8) is 0 Å². The summed E-state index contributed by atoms with van der Waals surface area (Å²) >= 11 is 0. The average Bonchev–Trinajstić information content (AvgIpc) is 2.42. The molecule has 0 saturated carbocycles. The number of aliphatic hydroxyl groups excluding tert-OH is 1. The Balaban J connectivity index is 2.00. The quantitative estimate of drug-likeness (QED) is 0.697. The van der Waals surface area contributed by atoms with Gasteiger partial charge in [0.2, 0.25) is 0 Å². The molecule has 0 aromatic heterocycles. The molecule has 1 aliphatic heterocycles. The SMILES string of the molecule is CN1CCC(NC(=O)c2ccc(N)c(CO)c2)CC1. The number of nitrogens with two attached hydrogens (primary N) is 1. The van der Waals surface area contributed by atoms with Crippen LogP contribution < -0.4 is 11.1 Å². The van der Waals surface area contributed by atoms with Crippen molar-refractivity contribution in [2.45, 2.75) is 25.5 Å². The van der Waals surface area contributed by atoms with Gasteiger partial charge in [-0.05, 0) is 51.2 Å². The number of nitrogens with zero attached hydrogens (tertiary/aromatic N) is 1. The van der Waals surface area contributed by atoms with Crippen molar-refractivity contribution in [3.8, 4) is 0 Å². The van der Waals surface area contributed by atoms with Crippen LogP contribution in [0.4, 0.5) is 5.69 Å². The number of nitrogens with one attached hydrogen (secondary N) is 1. The Hall–Kier alpha value is -1.59. The number of aliphatic hydroxyl groups is 1. The molecule has 0 bridgehead atoms. The predicted molar refractivity (Wildman–Crippen MR) is 74.8 cm³/mol. The molecular weight excluding hydrogens is 242 g/mol. The van der Waals surface area contributed by atoms with Crippen molar-refractivity contribution in [2.75, 3.05) is 25.9 Å². The number of carbonyl (C=O) groups is 1. The summed E-state index contributed by atoms with van der Waals surface area (Å²) in [7, 11) is 2.09. The van der Waals surface area contributed by atoms with Crippen LogP contribution in [0.2, 0.25) is 0 Å². The molecule has 0 atom stereocenters. The van der Waals surface area contributed by atoms with E-state index in [1.54, 1.807) is 18.2 Å². The van der Waals surface area contributed by atoms with Gasteiger partial charge >= 0.3 is 0 Å². The third-order valence-electron chi connectivity index (χ3n) is 3.63. The maximum Gasteiger partial charge on any atom is 0.251 e. The summed E-state index contributed by atoms with van der Waals surface area (Å²) in [6, 6.07) is 5.24. The van der Waals surface area contributed by atoms with E-state index >= 15 is 0 Å². The topological polar surface area (TPSA) is 78.6 Å². The van der Waals surface area contributed by atoms with Gasteiger partial charge in [0, 0.05) is 22.9 Å². The van der Waals surface area contributed by atoms with Gasteiger partial charge in [-0.15, -0.1) is 0 Å². The van der Waals surface area contributed by atoms with Crippen molar-refractivity contribution in [2.24, 2.45) is 0 Å². The molecule has 4 N–H and O–H groups in total. The molecule has 1 saturated heterocycles. The lowest BCUT2D eigenvalue weighted by molar-refractivity contribution is 0.0916. The maximum atomic E-state index is 12.1. The van der Waals surface area contributed by atoms with Crippen LogP contribution in [0.25, 0.3) is 0 Å². The van der Waals surface area contributed by atoms with Crippen molar-refractivity contribution in [1.82, 2.24) is 10.2 Å². The Kier molecular flexibility index (Phi) is 4.39. The zero-order valence-corrected chi connectivity index (χ0v) is 11.2. The molecule has 1 aromatic carbocycles. The van der Waals surface area contributed by atoms with Crippen LogP contribution in [0.3, 0.4) is 0 Å². The number of likely N-dealkylation sites (tertiary alicyclic amines) is 1. The molecule has 5 heteroatoms. The Morgan fingerprint density at radius 3 is 2.79 bits per heavy atom. The number of rotatable bonds is 3. The Labute approximate surface area is 113 Å². The molecule has 0 spiro atoms. The molecule has 104 valence electrons. The minimum absolute atomic E-state index is 0.0933. The summed E-state index contributed by atoms with van der Waals surface area (Å²) < 4.78 is 0. The Bertz CT molecular complexity index is 454. The Morgan fingerprint density at radius 1 is 1.47 bits per heavy atom. The minimum Gasteiger partial charge on any atom is -0.398 e. The molecule has 0 radical (unpaired) electrons. The summed E-state index contributed by atoms with van der Waals surface area (Å²) in [4.78, 5) is 14.4. The fourth-order valence-corrected chi connectivity index (χ4v) is 2.31. The predicted octanol–water partition coefficient (Wildman–Crippen LogP) is 0.585. The molecule has 1 aliphatic rings. The molecule has 5 nitrogen and oxygen atoms in total. The third kappa shape index (κ3) is 3.45. The van der Waals surface area contributed by atoms with Crippen LogP contribution in [-0.2, 0) is 6.61 Å². The highest BCUT2D eigenvalue weighted by Gasteiger charge is 2.19. The van der Waals surface area contributed by atoms with Gasteiger partial charge in [0.25, 0.3) is 5.91 Å². The third-order valence-corrected chi connectivity index (χ3v) is 3.63. The Morgan fingerprint density at radius 2 is 2.16 bits per heavy atom. The highest BCUT2D eigenvalue weighted by molar-refractivity contribution is 5.95. The average molecular weight is 263 g/mol. The maximum absolute atomic E-state index is 12.1. The highest BCUT2D eigenvalue weighted by Crippen LogP contribution is 2.15. The van der Waals surface area contributed by atoms with E-state index in [1.165, 1.54) is 0 Å². The zero-order valence-electron chi connectivity index (χ0n) is 11.2. The van der Waals surface area contributed by atoms with E-state index in [9.17, 15) is 4.79 Å². The van der Waals surface area contributed by atoms with Crippen molar-refractivity contribution in [1.29, 1.82) is 0 Å². The van der Waals surface area contributed by atoms with E-state index in [2.05, 4.69) is 17.3 Å². The van der Waals surface area contributed by atoms with Crippen LogP contribution in [0.5, 0.6) is 0 Å². The van der Waals surface area contributed by atoms with Gasteiger partial charge in [0.1, 0.15) is 0 Å². The monoisotopic (exact) mass is 263 g/mol. The van der Waals surface area contributed by atoms with E-state index in [-0.39, 0.29) is 18.6 Å². The summed E-state index contributed by atoms with van der Waals surface area (Å²) in [6.07, 6.45) is 1.95. The van der Waals surface area contributed by atoms with Gasteiger partial charge < -0.3 is 21.1 Å². The van der Waals surface area contributed by atoms with Gasteiger partial charge in [0.05, 0.1) is 6.61 Å². The van der Waals surface area contributed by atoms with Crippen LogP contribution in [0.15, 0.2) is 18.2 Å². The van der Waals surface area contributed by atoms with Crippen molar-refractivity contribution < 1.29 is 9.90 Å². The van der Waals surface area contributed by atoms with E-state index in [1.807, 2.05) is 0 Å². The molecule has 1 amide bonds. The number of hydrogen-bond acceptors (Lipinski definition) is 4. The molecule has 0 unspecified atom stereocenters. The second-order valence-electron chi connectivity index (χ2n) is 5.12. The lowest BCUT2D eigenvalue weighted by Gasteiger charge is -2.29. The normalized spacial score (nSPS) is 17.4. The number of benzene rings is 1. The van der Waals surface area contributed by atoms with Gasteiger partial charge in [0.15, 0.2) is 0 Å². The second-order valence-corrected chi connectivity index (χ2v) is 5.12. The van der Waals surface area contributed by atoms with Gasteiger partial charge in [-0.25, -0.2) is 0 Å². The van der Waals surface area contributed by atoms with Gasteiger partial charge in [-0.1, -0.05) is 0 Å². The summed E-state index contributed by atoms with van der Waals surface area (Å²) in [5, 5.41) is 12.2. The number of hydrogen-bond donors (Lipinski definition) is 3. The number of amides is 1. The smallest absolute Gasteiger partial charge is 0.251 e. The van der Waals surface area contributed by atoms with Crippen LogP contribution in [0, 0.1) is 0 Å². The first-order valence-electron chi connectivity index (χ1n) is 6.59. The van der Waals surface area contributed by atoms with Gasteiger partial charge in [-0.3, -0.25) is 4.79 Å². The number of piperidine rings is 1. The van der Waals surface area contributed by atoms with E-state index in [4.69, 9.17) is 10.8 Å². The summed E-state index contributed by atoms with van der Waals surface area (Å²) in [5.41, 5.74) is 7.36. The zero-order chi connectivity index (χ0) is 13.8. The summed E-state index contributed by atoms with van der Waals surface area (Å²) in [5.74, 6) is -0.0933. The fourth-order valence-electron chi connectivity index (χ4n) is 2.31. The van der Waals surface area contributed by atoms with Crippen LogP contribution >= 0.6 is 0 Å². The van der Waals surface area contributed by atoms with Crippen molar-refractivity contribution >= 4 is 11.6 Å². The summed E-state index contributed by atoms with van der Waals surface area (Å²) in [6.45, 7) is 1.87. The van der Waals surface area contributed by atoms with Crippen LogP contribution in [0.1, 0.15) is 28.8 Å². The number of nitrogen functional groups attached to an aromatic ring is 1. The second kappa shape index (κ2) is 6.04. The molecule has 1 fully saturated rings. The van der Waals surface area contributed by atoms with E-state index < -0.39 is 0 Å². The first-order valence-corrected chi connectivity index (χ1v) is 6.59.